The zero-order chi connectivity index (χ0) is 29.3. The molecule has 0 aliphatic carbocycles. The Morgan fingerprint density at radius 1 is 1.05 bits per heavy atom. The Hall–Kier alpha value is -4.91. The highest BCUT2D eigenvalue weighted by atomic mass is 32.1. The highest BCUT2D eigenvalue weighted by Gasteiger charge is 2.35. The molecule has 13 heteroatoms. The van der Waals surface area contributed by atoms with Gasteiger partial charge in [0, 0.05) is 11.6 Å². The van der Waals surface area contributed by atoms with Gasteiger partial charge < -0.3 is 20.5 Å². The Bertz CT molecular complexity index is 1750. The molecule has 0 unspecified atom stereocenters. The van der Waals surface area contributed by atoms with Crippen molar-refractivity contribution in [2.75, 3.05) is 12.4 Å². The van der Waals surface area contributed by atoms with Crippen LogP contribution >= 0.6 is 11.3 Å². The van der Waals surface area contributed by atoms with E-state index in [1.165, 1.54) is 16.9 Å². The number of ether oxygens (including phenoxy) is 2. The number of anilines is 1. The minimum absolute atomic E-state index is 0.00472. The Morgan fingerprint density at radius 2 is 1.73 bits per heavy atom. The van der Waals surface area contributed by atoms with Crippen LogP contribution in [0.2, 0.25) is 0 Å². The van der Waals surface area contributed by atoms with E-state index in [1.807, 2.05) is 6.92 Å². The van der Waals surface area contributed by atoms with Crippen molar-refractivity contribution in [2.45, 2.75) is 19.8 Å². The first kappa shape index (κ1) is 27.6. The number of nitrogens with zero attached hydrogens (tertiary/aromatic N) is 3. The van der Waals surface area contributed by atoms with Crippen LogP contribution in [0.25, 0.3) is 21.3 Å². The minimum atomic E-state index is -4.74. The molecule has 0 radical (unpaired) electrons. The molecular formula is C28H22F3N5O4S. The number of nitrogens with two attached hydrogens (primary N) is 1. The molecule has 2 amide bonds. The third-order valence-corrected chi connectivity index (χ3v) is 7.17. The molecular weight excluding hydrogens is 559 g/mol. The summed E-state index contributed by atoms with van der Waals surface area (Å²) in [6, 6.07) is 16.0. The number of rotatable bonds is 8. The summed E-state index contributed by atoms with van der Waals surface area (Å²) in [7, 11) is 1.55. The van der Waals surface area contributed by atoms with E-state index >= 15 is 0 Å². The molecule has 5 aromatic rings. The van der Waals surface area contributed by atoms with Crippen LogP contribution in [-0.4, -0.2) is 33.7 Å². The zero-order valence-electron chi connectivity index (χ0n) is 21.7. The maximum absolute atomic E-state index is 13.7. The van der Waals surface area contributed by atoms with Gasteiger partial charge in [0.1, 0.15) is 26.9 Å². The van der Waals surface area contributed by atoms with Crippen LogP contribution < -0.4 is 20.5 Å². The van der Waals surface area contributed by atoms with Gasteiger partial charge in [0.25, 0.3) is 11.8 Å². The van der Waals surface area contributed by atoms with E-state index < -0.39 is 23.7 Å². The molecule has 3 aromatic heterocycles. The SMILES string of the molecule is COc1ccc(OCn2ccc(C(=O)Nc3c(C(N)=O)sc4nc(C(F)(F)F)cc(-c5ccc(C)cc5)c34)n2)cc1. The van der Waals surface area contributed by atoms with Gasteiger partial charge in [-0.3, -0.25) is 9.59 Å². The summed E-state index contributed by atoms with van der Waals surface area (Å²) in [5.74, 6) is -0.408. The molecule has 0 atom stereocenters. The van der Waals surface area contributed by atoms with Gasteiger partial charge in [-0.15, -0.1) is 11.3 Å². The Balaban J connectivity index is 1.49. The molecule has 2 aromatic carbocycles. The number of nitrogens with one attached hydrogen (secondary N) is 1. The van der Waals surface area contributed by atoms with Crippen molar-refractivity contribution in [1.82, 2.24) is 14.8 Å². The zero-order valence-corrected chi connectivity index (χ0v) is 22.5. The number of fused-ring (bicyclic) bond motifs is 1. The number of hydrogen-bond donors (Lipinski definition) is 2. The van der Waals surface area contributed by atoms with E-state index in [-0.39, 0.29) is 38.8 Å². The van der Waals surface area contributed by atoms with Crippen LogP contribution in [0.4, 0.5) is 18.9 Å². The van der Waals surface area contributed by atoms with Crippen LogP contribution in [0.1, 0.15) is 31.4 Å². The normalized spacial score (nSPS) is 11.4. The summed E-state index contributed by atoms with van der Waals surface area (Å²) in [5, 5.41) is 7.00. The van der Waals surface area contributed by atoms with Crippen LogP contribution in [0.5, 0.6) is 11.5 Å². The molecule has 0 fully saturated rings. The van der Waals surface area contributed by atoms with Crippen molar-refractivity contribution in [2.24, 2.45) is 5.73 Å². The van der Waals surface area contributed by atoms with E-state index in [4.69, 9.17) is 15.2 Å². The van der Waals surface area contributed by atoms with Gasteiger partial charge in [0.05, 0.1) is 12.8 Å². The lowest BCUT2D eigenvalue weighted by molar-refractivity contribution is -0.140. The average molecular weight is 582 g/mol. The Labute approximate surface area is 235 Å². The summed E-state index contributed by atoms with van der Waals surface area (Å²) in [6.45, 7) is 1.84. The smallest absolute Gasteiger partial charge is 0.433 e. The minimum Gasteiger partial charge on any atom is -0.497 e. The molecule has 3 heterocycles. The lowest BCUT2D eigenvalue weighted by Gasteiger charge is -2.12. The first-order valence-corrected chi connectivity index (χ1v) is 12.9. The van der Waals surface area contributed by atoms with Gasteiger partial charge in [0.15, 0.2) is 12.4 Å². The van der Waals surface area contributed by atoms with Crippen molar-refractivity contribution in [3.63, 3.8) is 0 Å². The third-order valence-electron chi connectivity index (χ3n) is 6.07. The predicted octanol–water partition coefficient (Wildman–Crippen LogP) is 5.88. The predicted molar refractivity (Wildman–Crippen MR) is 147 cm³/mol. The van der Waals surface area contributed by atoms with Gasteiger partial charge in [0.2, 0.25) is 0 Å². The number of hydrogen-bond acceptors (Lipinski definition) is 7. The van der Waals surface area contributed by atoms with E-state index in [9.17, 15) is 22.8 Å². The fourth-order valence-corrected chi connectivity index (χ4v) is 5.05. The van der Waals surface area contributed by atoms with Gasteiger partial charge in [-0.1, -0.05) is 29.8 Å². The van der Waals surface area contributed by atoms with E-state index in [1.54, 1.807) is 55.6 Å². The van der Waals surface area contributed by atoms with Crippen molar-refractivity contribution < 1.29 is 32.2 Å². The number of thiophene rings is 1. The molecule has 0 spiro atoms. The molecule has 0 aliphatic heterocycles. The summed E-state index contributed by atoms with van der Waals surface area (Å²) in [6.07, 6.45) is -3.22. The number of benzene rings is 2. The van der Waals surface area contributed by atoms with Crippen molar-refractivity contribution >= 4 is 39.1 Å². The van der Waals surface area contributed by atoms with E-state index in [0.29, 0.717) is 28.4 Å². The number of aromatic nitrogens is 3. The summed E-state index contributed by atoms with van der Waals surface area (Å²) in [5.41, 5.74) is 5.86. The second-order valence-corrected chi connectivity index (χ2v) is 9.91. The molecule has 0 bridgehead atoms. The van der Waals surface area contributed by atoms with E-state index in [2.05, 4.69) is 15.4 Å². The monoisotopic (exact) mass is 581 g/mol. The first-order chi connectivity index (χ1) is 19.5. The van der Waals surface area contributed by atoms with Crippen LogP contribution in [0.3, 0.4) is 0 Å². The van der Waals surface area contributed by atoms with Crippen molar-refractivity contribution in [3.8, 4) is 22.6 Å². The fraction of sp³-hybridized carbons (Fsp3) is 0.143. The Morgan fingerprint density at radius 3 is 2.37 bits per heavy atom. The molecule has 0 saturated heterocycles. The number of pyridine rings is 1. The largest absolute Gasteiger partial charge is 0.497 e. The number of methoxy groups -OCH3 is 1. The summed E-state index contributed by atoms with van der Waals surface area (Å²) < 4.78 is 53.4. The fourth-order valence-electron chi connectivity index (χ4n) is 4.04. The molecule has 9 nitrogen and oxygen atoms in total. The molecule has 0 aliphatic rings. The number of halogens is 3. The van der Waals surface area contributed by atoms with Crippen LogP contribution in [0, 0.1) is 6.92 Å². The van der Waals surface area contributed by atoms with Gasteiger partial charge in [-0.2, -0.15) is 18.3 Å². The van der Waals surface area contributed by atoms with E-state index in [0.717, 1.165) is 11.6 Å². The molecule has 3 N–H and O–H groups in total. The lowest BCUT2D eigenvalue weighted by atomic mass is 10.00. The third kappa shape index (κ3) is 5.84. The van der Waals surface area contributed by atoms with Crippen LogP contribution in [-0.2, 0) is 12.9 Å². The number of carbonyl (C=O) groups is 2. The van der Waals surface area contributed by atoms with Gasteiger partial charge >= 0.3 is 6.18 Å². The molecule has 0 saturated carbocycles. The van der Waals surface area contributed by atoms with Gasteiger partial charge in [-0.25, -0.2) is 9.67 Å². The summed E-state index contributed by atoms with van der Waals surface area (Å²) in [4.78, 5) is 29.1. The van der Waals surface area contributed by atoms with Crippen LogP contribution in [0.15, 0.2) is 66.9 Å². The van der Waals surface area contributed by atoms with Gasteiger partial charge in [-0.05, 0) is 54.4 Å². The topological polar surface area (TPSA) is 121 Å². The number of primary amides is 1. The van der Waals surface area contributed by atoms with Crippen molar-refractivity contribution in [1.29, 1.82) is 0 Å². The molecule has 5 rings (SSSR count). The highest BCUT2D eigenvalue weighted by molar-refractivity contribution is 7.21. The average Bonchev–Trinajstić information content (AvgIpc) is 3.57. The second-order valence-electron chi connectivity index (χ2n) is 8.91. The highest BCUT2D eigenvalue weighted by Crippen LogP contribution is 2.43. The second kappa shape index (κ2) is 10.9. The lowest BCUT2D eigenvalue weighted by Crippen LogP contribution is -2.18. The standard InChI is InChI=1S/C28H22F3N5O4S/c1-15-3-5-16(6-4-15)19-13-21(28(29,30)31)33-27-22(19)23(24(41-27)25(32)37)34-26(38)20-11-12-36(35-20)14-40-18-9-7-17(39-2)8-10-18/h3-13H,14H2,1-2H3,(H2,32,37)(H,34,38). The maximum Gasteiger partial charge on any atom is 0.433 e. The first-order valence-electron chi connectivity index (χ1n) is 12.1. The number of amides is 2. The van der Waals surface area contributed by atoms with Crippen molar-refractivity contribution in [3.05, 3.63) is 88.7 Å². The molecule has 210 valence electrons. The summed E-state index contributed by atoms with van der Waals surface area (Å²) >= 11 is 0.670. The number of aryl methyl sites for hydroxylation is 1. The Kier molecular flexibility index (Phi) is 7.37. The number of alkyl halides is 3. The number of carbonyl (C=O) groups excluding carboxylic acids is 2. The quantitative estimate of drug-likeness (QED) is 0.236. The molecule has 41 heavy (non-hydrogen) atoms. The maximum atomic E-state index is 13.7.